The first-order valence-corrected chi connectivity index (χ1v) is 6.63. The van der Waals surface area contributed by atoms with Crippen LogP contribution in [-0.2, 0) is 6.54 Å². The van der Waals surface area contributed by atoms with Gasteiger partial charge in [0, 0.05) is 30.5 Å². The first kappa shape index (κ1) is 14.3. The van der Waals surface area contributed by atoms with Gasteiger partial charge in [-0.1, -0.05) is 35.9 Å². The summed E-state index contributed by atoms with van der Waals surface area (Å²) >= 11 is 6.14. The van der Waals surface area contributed by atoms with Gasteiger partial charge in [0.1, 0.15) is 0 Å². The summed E-state index contributed by atoms with van der Waals surface area (Å²) in [5.74, 6) is -0.0853. The smallest absolute Gasteiger partial charge is 0.256 e. The molecule has 0 bridgehead atoms. The minimum absolute atomic E-state index is 0.0853. The van der Waals surface area contributed by atoms with Crippen LogP contribution in [0.1, 0.15) is 15.9 Å². The molecule has 0 aliphatic rings. The van der Waals surface area contributed by atoms with Crippen LogP contribution in [0.3, 0.4) is 0 Å². The number of rotatable bonds is 5. The van der Waals surface area contributed by atoms with Gasteiger partial charge < -0.3 is 4.90 Å². The fourth-order valence-corrected chi connectivity index (χ4v) is 2.07. The van der Waals surface area contributed by atoms with Gasteiger partial charge >= 0.3 is 0 Å². The van der Waals surface area contributed by atoms with Gasteiger partial charge in [0.05, 0.1) is 5.56 Å². The van der Waals surface area contributed by atoms with E-state index in [2.05, 4.69) is 11.6 Å². The topological polar surface area (TPSA) is 33.2 Å². The van der Waals surface area contributed by atoms with Crippen molar-refractivity contribution in [2.24, 2.45) is 0 Å². The average molecular weight is 287 g/mol. The van der Waals surface area contributed by atoms with Crippen molar-refractivity contribution in [1.82, 2.24) is 9.88 Å². The minimum Gasteiger partial charge on any atom is -0.331 e. The molecule has 0 saturated heterocycles. The molecular weight excluding hydrogens is 272 g/mol. The molecule has 4 heteroatoms. The normalized spacial score (nSPS) is 10.1. The number of carbonyl (C=O) groups is 1. The van der Waals surface area contributed by atoms with E-state index in [1.807, 2.05) is 24.3 Å². The van der Waals surface area contributed by atoms with Gasteiger partial charge in [0.25, 0.3) is 5.91 Å². The number of amides is 1. The van der Waals surface area contributed by atoms with Crippen molar-refractivity contribution in [3.05, 3.63) is 77.6 Å². The van der Waals surface area contributed by atoms with Crippen LogP contribution in [0.15, 0.2) is 61.4 Å². The zero-order chi connectivity index (χ0) is 14.4. The van der Waals surface area contributed by atoms with Crippen LogP contribution >= 0.6 is 11.6 Å². The highest BCUT2D eigenvalue weighted by Gasteiger charge is 2.16. The Morgan fingerprint density at radius 2 is 2.10 bits per heavy atom. The number of carbonyl (C=O) groups excluding carboxylic acids is 1. The number of nitrogens with zero attached hydrogens (tertiary/aromatic N) is 2. The van der Waals surface area contributed by atoms with E-state index in [0.29, 0.717) is 23.7 Å². The quantitative estimate of drug-likeness (QED) is 0.787. The number of hydrogen-bond acceptors (Lipinski definition) is 2. The highest BCUT2D eigenvalue weighted by atomic mass is 35.5. The second kappa shape index (κ2) is 6.87. The lowest BCUT2D eigenvalue weighted by molar-refractivity contribution is 0.0762. The summed E-state index contributed by atoms with van der Waals surface area (Å²) in [5.41, 5.74) is 1.47. The molecule has 1 heterocycles. The van der Waals surface area contributed by atoms with Crippen molar-refractivity contribution in [3.8, 4) is 0 Å². The molecule has 1 aromatic heterocycles. The maximum atomic E-state index is 12.4. The van der Waals surface area contributed by atoms with Crippen molar-refractivity contribution in [1.29, 1.82) is 0 Å². The van der Waals surface area contributed by atoms with Crippen LogP contribution in [0, 0.1) is 0 Å². The molecule has 0 spiro atoms. The van der Waals surface area contributed by atoms with Gasteiger partial charge in [-0.2, -0.15) is 0 Å². The van der Waals surface area contributed by atoms with Crippen LogP contribution in [0.5, 0.6) is 0 Å². The van der Waals surface area contributed by atoms with Gasteiger partial charge in [0.15, 0.2) is 0 Å². The standard InChI is InChI=1S/C16H15ClN2O/c1-2-10-19(12-14-6-3-4-8-15(14)17)16(20)13-7-5-9-18-11-13/h2-9,11H,1,10,12H2. The first-order valence-electron chi connectivity index (χ1n) is 6.26. The molecule has 1 aromatic carbocycles. The monoisotopic (exact) mass is 286 g/mol. The van der Waals surface area contributed by atoms with Crippen LogP contribution in [0.2, 0.25) is 5.02 Å². The van der Waals surface area contributed by atoms with E-state index in [9.17, 15) is 4.79 Å². The molecule has 2 aromatic rings. The lowest BCUT2D eigenvalue weighted by Crippen LogP contribution is -2.30. The highest BCUT2D eigenvalue weighted by Crippen LogP contribution is 2.18. The maximum Gasteiger partial charge on any atom is 0.256 e. The van der Waals surface area contributed by atoms with Gasteiger partial charge in [-0.25, -0.2) is 0 Å². The summed E-state index contributed by atoms with van der Waals surface area (Å²) in [4.78, 5) is 18.1. The molecule has 0 N–H and O–H groups in total. The number of aromatic nitrogens is 1. The Balaban J connectivity index is 2.21. The Bertz CT molecular complexity index is 598. The maximum absolute atomic E-state index is 12.4. The number of benzene rings is 1. The summed E-state index contributed by atoms with van der Waals surface area (Å²) in [6.45, 7) is 4.60. The molecule has 1 amide bonds. The Morgan fingerprint density at radius 3 is 2.75 bits per heavy atom. The summed E-state index contributed by atoms with van der Waals surface area (Å²) in [5, 5.41) is 0.653. The zero-order valence-corrected chi connectivity index (χ0v) is 11.8. The summed E-state index contributed by atoms with van der Waals surface area (Å²) in [6.07, 6.45) is 4.90. The van der Waals surface area contributed by atoms with E-state index in [4.69, 9.17) is 11.6 Å². The van der Waals surface area contributed by atoms with Gasteiger partial charge in [-0.15, -0.1) is 6.58 Å². The highest BCUT2D eigenvalue weighted by molar-refractivity contribution is 6.31. The summed E-state index contributed by atoms with van der Waals surface area (Å²) in [7, 11) is 0. The molecule has 20 heavy (non-hydrogen) atoms. The number of hydrogen-bond donors (Lipinski definition) is 0. The second-order valence-corrected chi connectivity index (χ2v) is 4.71. The van der Waals surface area contributed by atoms with Gasteiger partial charge in [-0.3, -0.25) is 9.78 Å². The molecule has 102 valence electrons. The Labute approximate surface area is 123 Å². The van der Waals surface area contributed by atoms with Crippen LogP contribution in [0.25, 0.3) is 0 Å². The van der Waals surface area contributed by atoms with Gasteiger partial charge in [-0.05, 0) is 23.8 Å². The molecule has 0 radical (unpaired) electrons. The molecule has 0 saturated carbocycles. The van der Waals surface area contributed by atoms with Crippen LogP contribution in [-0.4, -0.2) is 22.3 Å². The summed E-state index contributed by atoms with van der Waals surface area (Å²) < 4.78 is 0. The zero-order valence-electron chi connectivity index (χ0n) is 11.0. The van der Waals surface area contributed by atoms with Crippen molar-refractivity contribution in [2.75, 3.05) is 6.54 Å². The Hall–Kier alpha value is -2.13. The van der Waals surface area contributed by atoms with E-state index in [0.717, 1.165) is 5.56 Å². The Morgan fingerprint density at radius 1 is 1.30 bits per heavy atom. The molecular formula is C16H15ClN2O. The number of halogens is 1. The molecule has 2 rings (SSSR count). The molecule has 3 nitrogen and oxygen atoms in total. The third-order valence-corrected chi connectivity index (χ3v) is 3.23. The Kier molecular flexibility index (Phi) is 4.91. The van der Waals surface area contributed by atoms with Crippen molar-refractivity contribution < 1.29 is 4.79 Å². The lowest BCUT2D eigenvalue weighted by Gasteiger charge is -2.21. The van der Waals surface area contributed by atoms with E-state index < -0.39 is 0 Å². The summed E-state index contributed by atoms with van der Waals surface area (Å²) in [6, 6.07) is 11.0. The molecule has 0 fully saturated rings. The predicted molar refractivity (Wildman–Crippen MR) is 80.6 cm³/mol. The fourth-order valence-electron chi connectivity index (χ4n) is 1.88. The minimum atomic E-state index is -0.0853. The van der Waals surface area contributed by atoms with Crippen LogP contribution in [0.4, 0.5) is 0 Å². The second-order valence-electron chi connectivity index (χ2n) is 4.31. The van der Waals surface area contributed by atoms with Crippen LogP contribution < -0.4 is 0 Å². The average Bonchev–Trinajstić information content (AvgIpc) is 2.49. The van der Waals surface area contributed by atoms with E-state index in [-0.39, 0.29) is 5.91 Å². The van der Waals surface area contributed by atoms with E-state index in [1.54, 1.807) is 35.5 Å². The van der Waals surface area contributed by atoms with Crippen molar-refractivity contribution >= 4 is 17.5 Å². The molecule has 0 atom stereocenters. The predicted octanol–water partition coefficient (Wildman–Crippen LogP) is 3.56. The van der Waals surface area contributed by atoms with Crippen molar-refractivity contribution in [2.45, 2.75) is 6.54 Å². The SMILES string of the molecule is C=CCN(Cc1ccccc1Cl)C(=O)c1cccnc1. The van der Waals surface area contributed by atoms with Gasteiger partial charge in [0.2, 0.25) is 0 Å². The molecule has 0 aliphatic heterocycles. The molecule has 0 aliphatic carbocycles. The lowest BCUT2D eigenvalue weighted by atomic mass is 10.2. The molecule has 0 unspecified atom stereocenters. The number of pyridine rings is 1. The van der Waals surface area contributed by atoms with E-state index in [1.165, 1.54) is 0 Å². The fraction of sp³-hybridized carbons (Fsp3) is 0.125. The third kappa shape index (κ3) is 3.45. The van der Waals surface area contributed by atoms with Crippen molar-refractivity contribution in [3.63, 3.8) is 0 Å². The first-order chi connectivity index (χ1) is 9.72. The largest absolute Gasteiger partial charge is 0.331 e. The third-order valence-electron chi connectivity index (χ3n) is 2.86. The van der Waals surface area contributed by atoms with E-state index >= 15 is 0 Å².